The molecule has 3 heteroatoms. The number of aliphatic hydroxyl groups is 1. The molecule has 2 atom stereocenters. The SMILES string of the molecule is COc1ccc(CN2CC(C)CC(C)C2)cc1C#CCO. The van der Waals surface area contributed by atoms with Crippen LogP contribution >= 0.6 is 0 Å². The van der Waals surface area contributed by atoms with E-state index in [0.29, 0.717) is 0 Å². The van der Waals surface area contributed by atoms with Crippen molar-refractivity contribution in [2.24, 2.45) is 11.8 Å². The van der Waals surface area contributed by atoms with Crippen molar-refractivity contribution in [2.75, 3.05) is 26.8 Å². The Balaban J connectivity index is 2.13. The molecule has 0 amide bonds. The van der Waals surface area contributed by atoms with E-state index < -0.39 is 0 Å². The van der Waals surface area contributed by atoms with Crippen LogP contribution in [0.4, 0.5) is 0 Å². The molecule has 0 spiro atoms. The number of hydrogen-bond donors (Lipinski definition) is 1. The highest BCUT2D eigenvalue weighted by Gasteiger charge is 2.21. The summed E-state index contributed by atoms with van der Waals surface area (Å²) in [5, 5.41) is 8.86. The van der Waals surface area contributed by atoms with E-state index in [2.05, 4.69) is 42.7 Å². The van der Waals surface area contributed by atoms with E-state index in [9.17, 15) is 0 Å². The van der Waals surface area contributed by atoms with Crippen molar-refractivity contribution in [1.82, 2.24) is 4.90 Å². The Bertz CT molecular complexity index is 520. The van der Waals surface area contributed by atoms with Gasteiger partial charge in [0, 0.05) is 19.6 Å². The quantitative estimate of drug-likeness (QED) is 0.867. The van der Waals surface area contributed by atoms with Crippen molar-refractivity contribution in [1.29, 1.82) is 0 Å². The third-order valence-electron chi connectivity index (χ3n) is 3.92. The molecule has 1 aromatic carbocycles. The highest BCUT2D eigenvalue weighted by Crippen LogP contribution is 2.24. The summed E-state index contributed by atoms with van der Waals surface area (Å²) in [4.78, 5) is 2.52. The lowest BCUT2D eigenvalue weighted by atomic mass is 9.91. The van der Waals surface area contributed by atoms with Gasteiger partial charge >= 0.3 is 0 Å². The number of nitrogens with zero attached hydrogens (tertiary/aromatic N) is 1. The first-order chi connectivity index (χ1) is 10.1. The number of ether oxygens (including phenoxy) is 1. The average Bonchev–Trinajstić information content (AvgIpc) is 2.44. The van der Waals surface area contributed by atoms with Crippen LogP contribution in [-0.4, -0.2) is 36.8 Å². The molecule has 0 bridgehead atoms. The highest BCUT2D eigenvalue weighted by molar-refractivity contribution is 5.48. The summed E-state index contributed by atoms with van der Waals surface area (Å²) in [5.41, 5.74) is 2.10. The topological polar surface area (TPSA) is 32.7 Å². The minimum Gasteiger partial charge on any atom is -0.495 e. The van der Waals surface area contributed by atoms with Gasteiger partial charge < -0.3 is 9.84 Å². The number of rotatable bonds is 3. The molecule has 21 heavy (non-hydrogen) atoms. The molecule has 1 aromatic rings. The first-order valence-corrected chi connectivity index (χ1v) is 7.61. The van der Waals surface area contributed by atoms with Crippen LogP contribution in [0.5, 0.6) is 5.75 Å². The molecule has 0 aromatic heterocycles. The molecule has 2 rings (SSSR count). The molecular formula is C18H25NO2. The monoisotopic (exact) mass is 287 g/mol. The van der Waals surface area contributed by atoms with Gasteiger partial charge in [-0.05, 0) is 36.0 Å². The van der Waals surface area contributed by atoms with E-state index in [1.807, 2.05) is 6.07 Å². The summed E-state index contributed by atoms with van der Waals surface area (Å²) in [6.07, 6.45) is 1.33. The molecule has 2 unspecified atom stereocenters. The van der Waals surface area contributed by atoms with Crippen molar-refractivity contribution in [3.8, 4) is 17.6 Å². The second-order valence-corrected chi connectivity index (χ2v) is 6.13. The lowest BCUT2D eigenvalue weighted by molar-refractivity contribution is 0.134. The van der Waals surface area contributed by atoms with E-state index in [0.717, 1.165) is 42.8 Å². The van der Waals surface area contributed by atoms with Gasteiger partial charge in [-0.1, -0.05) is 31.8 Å². The number of aliphatic hydroxyl groups excluding tert-OH is 1. The Kier molecular flexibility index (Phi) is 5.67. The van der Waals surface area contributed by atoms with E-state index in [1.54, 1.807) is 7.11 Å². The van der Waals surface area contributed by atoms with Crippen molar-refractivity contribution >= 4 is 0 Å². The molecule has 1 heterocycles. The van der Waals surface area contributed by atoms with Crippen molar-refractivity contribution in [3.05, 3.63) is 29.3 Å². The number of methoxy groups -OCH3 is 1. The van der Waals surface area contributed by atoms with Gasteiger partial charge in [-0.25, -0.2) is 0 Å². The number of likely N-dealkylation sites (tertiary alicyclic amines) is 1. The first-order valence-electron chi connectivity index (χ1n) is 7.61. The van der Waals surface area contributed by atoms with Crippen LogP contribution in [0.25, 0.3) is 0 Å². The Labute approximate surface area is 127 Å². The summed E-state index contributed by atoms with van der Waals surface area (Å²) in [5.74, 6) is 7.95. The summed E-state index contributed by atoms with van der Waals surface area (Å²) >= 11 is 0. The third-order valence-corrected chi connectivity index (χ3v) is 3.92. The predicted octanol–water partition coefficient (Wildman–Crippen LogP) is 2.52. The van der Waals surface area contributed by atoms with Gasteiger partial charge in [-0.2, -0.15) is 0 Å². The number of hydrogen-bond acceptors (Lipinski definition) is 3. The largest absolute Gasteiger partial charge is 0.495 e. The smallest absolute Gasteiger partial charge is 0.134 e. The second-order valence-electron chi connectivity index (χ2n) is 6.13. The van der Waals surface area contributed by atoms with E-state index in [4.69, 9.17) is 9.84 Å². The van der Waals surface area contributed by atoms with E-state index in [1.165, 1.54) is 12.0 Å². The van der Waals surface area contributed by atoms with Crippen molar-refractivity contribution in [3.63, 3.8) is 0 Å². The Morgan fingerprint density at radius 1 is 1.29 bits per heavy atom. The minimum atomic E-state index is -0.130. The van der Waals surface area contributed by atoms with Gasteiger partial charge in [0.1, 0.15) is 12.4 Å². The minimum absolute atomic E-state index is 0.130. The lowest BCUT2D eigenvalue weighted by Crippen LogP contribution is -2.38. The van der Waals surface area contributed by atoms with Crippen LogP contribution in [0.1, 0.15) is 31.4 Å². The van der Waals surface area contributed by atoms with Gasteiger partial charge in [0.25, 0.3) is 0 Å². The molecule has 1 N–H and O–H groups in total. The van der Waals surface area contributed by atoms with Crippen molar-refractivity contribution in [2.45, 2.75) is 26.8 Å². The molecule has 1 fully saturated rings. The zero-order valence-electron chi connectivity index (χ0n) is 13.2. The fraction of sp³-hybridized carbons (Fsp3) is 0.556. The van der Waals surface area contributed by atoms with Gasteiger partial charge in [0.2, 0.25) is 0 Å². The van der Waals surface area contributed by atoms with E-state index >= 15 is 0 Å². The summed E-state index contributed by atoms with van der Waals surface area (Å²) < 4.78 is 5.32. The summed E-state index contributed by atoms with van der Waals surface area (Å²) in [7, 11) is 1.65. The molecule has 0 radical (unpaired) electrons. The number of piperidine rings is 1. The fourth-order valence-corrected chi connectivity index (χ4v) is 3.27. The molecular weight excluding hydrogens is 262 g/mol. The zero-order chi connectivity index (χ0) is 15.2. The van der Waals surface area contributed by atoms with Gasteiger partial charge in [-0.15, -0.1) is 0 Å². The highest BCUT2D eigenvalue weighted by atomic mass is 16.5. The molecule has 0 aliphatic carbocycles. The standard InChI is InChI=1S/C18H25NO2/c1-14-9-15(2)12-19(11-14)13-16-6-7-18(21-3)17(10-16)5-4-8-20/h6-7,10,14-15,20H,8-9,11-13H2,1-3H3. The molecule has 1 aliphatic rings. The summed E-state index contributed by atoms with van der Waals surface area (Å²) in [6, 6.07) is 6.14. The lowest BCUT2D eigenvalue weighted by Gasteiger charge is -2.35. The van der Waals surface area contributed by atoms with E-state index in [-0.39, 0.29) is 6.61 Å². The maximum absolute atomic E-state index is 8.86. The third kappa shape index (κ3) is 4.49. The normalized spacial score (nSPS) is 22.5. The molecule has 1 aliphatic heterocycles. The Morgan fingerprint density at radius 2 is 2.00 bits per heavy atom. The Hall–Kier alpha value is -1.50. The van der Waals surface area contributed by atoms with Crippen molar-refractivity contribution < 1.29 is 9.84 Å². The van der Waals surface area contributed by atoms with Gasteiger partial charge in [0.05, 0.1) is 12.7 Å². The van der Waals surface area contributed by atoms with Crippen LogP contribution in [-0.2, 0) is 6.54 Å². The molecule has 114 valence electrons. The summed E-state index contributed by atoms with van der Waals surface area (Å²) in [6.45, 7) is 7.80. The first kappa shape index (κ1) is 15.9. The molecule has 0 saturated carbocycles. The van der Waals surface area contributed by atoms with Crippen LogP contribution in [0.15, 0.2) is 18.2 Å². The van der Waals surface area contributed by atoms with Crippen LogP contribution in [0.3, 0.4) is 0 Å². The molecule has 3 nitrogen and oxygen atoms in total. The zero-order valence-corrected chi connectivity index (χ0v) is 13.2. The maximum Gasteiger partial charge on any atom is 0.134 e. The van der Waals surface area contributed by atoms with Crippen LogP contribution in [0.2, 0.25) is 0 Å². The average molecular weight is 287 g/mol. The predicted molar refractivity (Wildman–Crippen MR) is 85.2 cm³/mol. The van der Waals surface area contributed by atoms with Crippen LogP contribution < -0.4 is 4.74 Å². The Morgan fingerprint density at radius 3 is 2.62 bits per heavy atom. The van der Waals surface area contributed by atoms with Gasteiger partial charge in [-0.3, -0.25) is 4.90 Å². The maximum atomic E-state index is 8.86. The van der Waals surface area contributed by atoms with Gasteiger partial charge in [0.15, 0.2) is 0 Å². The van der Waals surface area contributed by atoms with Crippen LogP contribution in [0, 0.1) is 23.7 Å². The fourth-order valence-electron chi connectivity index (χ4n) is 3.27. The second kappa shape index (κ2) is 7.49. The molecule has 1 saturated heterocycles. The number of benzene rings is 1.